The van der Waals surface area contributed by atoms with Gasteiger partial charge >= 0.3 is 0 Å². The second-order valence-electron chi connectivity index (χ2n) is 5.07. The van der Waals surface area contributed by atoms with Crippen molar-refractivity contribution in [3.63, 3.8) is 0 Å². The van der Waals surface area contributed by atoms with Crippen molar-refractivity contribution in [2.75, 3.05) is 44.7 Å². The summed E-state index contributed by atoms with van der Waals surface area (Å²) in [7, 11) is 1.71. The van der Waals surface area contributed by atoms with Gasteiger partial charge in [0.2, 0.25) is 0 Å². The Bertz CT molecular complexity index is 414. The Kier molecular flexibility index (Phi) is 4.80. The van der Waals surface area contributed by atoms with Crippen LogP contribution in [0.5, 0.6) is 5.75 Å². The van der Waals surface area contributed by atoms with Gasteiger partial charge in [0, 0.05) is 38.6 Å². The monoisotopic (exact) mass is 262 g/mol. The smallest absolute Gasteiger partial charge is 0.142 e. The van der Waals surface area contributed by atoms with Gasteiger partial charge in [-0.1, -0.05) is 19.1 Å². The molecule has 1 unspecified atom stereocenters. The van der Waals surface area contributed by atoms with Crippen LogP contribution in [0.2, 0.25) is 0 Å². The zero-order valence-corrected chi connectivity index (χ0v) is 11.7. The van der Waals surface area contributed by atoms with Crippen LogP contribution in [-0.2, 0) is 4.79 Å². The Morgan fingerprint density at radius 1 is 1.26 bits per heavy atom. The summed E-state index contributed by atoms with van der Waals surface area (Å²) in [4.78, 5) is 15.4. The molecule has 1 aromatic rings. The molecule has 0 radical (unpaired) electrons. The maximum Gasteiger partial charge on any atom is 0.142 e. The molecule has 1 aliphatic rings. The van der Waals surface area contributed by atoms with E-state index in [9.17, 15) is 4.79 Å². The Balaban J connectivity index is 1.94. The number of anilines is 1. The molecule has 0 amide bonds. The fraction of sp³-hybridized carbons (Fsp3) is 0.533. The number of ether oxygens (including phenoxy) is 1. The van der Waals surface area contributed by atoms with E-state index in [1.807, 2.05) is 25.1 Å². The molecule has 1 heterocycles. The summed E-state index contributed by atoms with van der Waals surface area (Å²) in [6, 6.07) is 8.13. The fourth-order valence-corrected chi connectivity index (χ4v) is 2.51. The molecule has 1 fully saturated rings. The van der Waals surface area contributed by atoms with Gasteiger partial charge in [-0.05, 0) is 12.1 Å². The van der Waals surface area contributed by atoms with Crippen LogP contribution in [-0.4, -0.2) is 51.0 Å². The lowest BCUT2D eigenvalue weighted by molar-refractivity contribution is -0.111. The molecule has 4 heteroatoms. The van der Waals surface area contributed by atoms with Crippen LogP contribution >= 0.6 is 0 Å². The SMILES string of the molecule is COc1ccccc1N1CCN(CC(C)C=O)CC1. The average molecular weight is 262 g/mol. The Morgan fingerprint density at radius 2 is 1.95 bits per heavy atom. The predicted octanol–water partition coefficient (Wildman–Crippen LogP) is 1.65. The van der Waals surface area contributed by atoms with E-state index in [4.69, 9.17) is 4.74 Å². The number of carbonyl (C=O) groups excluding carboxylic acids is 1. The van der Waals surface area contributed by atoms with Crippen LogP contribution in [0.1, 0.15) is 6.92 Å². The molecular weight excluding hydrogens is 240 g/mol. The molecule has 1 saturated heterocycles. The molecule has 0 N–H and O–H groups in total. The van der Waals surface area contributed by atoms with E-state index in [0.717, 1.165) is 50.4 Å². The highest BCUT2D eigenvalue weighted by Crippen LogP contribution is 2.28. The van der Waals surface area contributed by atoms with Crippen molar-refractivity contribution in [2.24, 2.45) is 5.92 Å². The van der Waals surface area contributed by atoms with Gasteiger partial charge in [0.15, 0.2) is 0 Å². The number of rotatable bonds is 5. The Hall–Kier alpha value is -1.55. The largest absolute Gasteiger partial charge is 0.495 e. The van der Waals surface area contributed by atoms with Crippen molar-refractivity contribution in [3.8, 4) is 5.75 Å². The van der Waals surface area contributed by atoms with Crippen LogP contribution in [0, 0.1) is 5.92 Å². The molecule has 4 nitrogen and oxygen atoms in total. The number of para-hydroxylation sites is 2. The molecule has 0 saturated carbocycles. The third kappa shape index (κ3) is 3.47. The van der Waals surface area contributed by atoms with E-state index in [0.29, 0.717) is 0 Å². The van der Waals surface area contributed by atoms with E-state index in [2.05, 4.69) is 15.9 Å². The molecule has 2 rings (SSSR count). The van der Waals surface area contributed by atoms with Crippen LogP contribution in [0.4, 0.5) is 5.69 Å². The summed E-state index contributed by atoms with van der Waals surface area (Å²) in [5, 5.41) is 0. The topological polar surface area (TPSA) is 32.8 Å². The molecule has 104 valence electrons. The molecule has 1 aromatic carbocycles. The normalized spacial score (nSPS) is 18.1. The summed E-state index contributed by atoms with van der Waals surface area (Å²) in [6.45, 7) is 6.78. The minimum absolute atomic E-state index is 0.123. The van der Waals surface area contributed by atoms with Crippen molar-refractivity contribution in [1.29, 1.82) is 0 Å². The molecule has 0 aromatic heterocycles. The number of benzene rings is 1. The number of carbonyl (C=O) groups is 1. The van der Waals surface area contributed by atoms with E-state index in [-0.39, 0.29) is 5.92 Å². The van der Waals surface area contributed by atoms with Crippen molar-refractivity contribution in [3.05, 3.63) is 24.3 Å². The van der Waals surface area contributed by atoms with Crippen molar-refractivity contribution in [2.45, 2.75) is 6.92 Å². The molecule has 19 heavy (non-hydrogen) atoms. The van der Waals surface area contributed by atoms with E-state index >= 15 is 0 Å². The van der Waals surface area contributed by atoms with Crippen LogP contribution in [0.15, 0.2) is 24.3 Å². The van der Waals surface area contributed by atoms with Crippen molar-refractivity contribution >= 4 is 12.0 Å². The summed E-state index contributed by atoms with van der Waals surface area (Å²) >= 11 is 0. The van der Waals surface area contributed by atoms with E-state index < -0.39 is 0 Å². The molecule has 1 atom stereocenters. The number of aldehydes is 1. The predicted molar refractivity (Wildman–Crippen MR) is 76.9 cm³/mol. The van der Waals surface area contributed by atoms with Crippen LogP contribution in [0.25, 0.3) is 0 Å². The molecule has 0 aliphatic carbocycles. The second-order valence-corrected chi connectivity index (χ2v) is 5.07. The van der Waals surface area contributed by atoms with Crippen LogP contribution in [0.3, 0.4) is 0 Å². The van der Waals surface area contributed by atoms with E-state index in [1.54, 1.807) is 7.11 Å². The van der Waals surface area contributed by atoms with Crippen LogP contribution < -0.4 is 9.64 Å². The average Bonchev–Trinajstić information content (AvgIpc) is 2.48. The first kappa shape index (κ1) is 13.9. The molecule has 1 aliphatic heterocycles. The van der Waals surface area contributed by atoms with Gasteiger partial charge in [0.25, 0.3) is 0 Å². The highest BCUT2D eigenvalue weighted by molar-refractivity contribution is 5.58. The summed E-state index contributed by atoms with van der Waals surface area (Å²) in [5.41, 5.74) is 1.16. The highest BCUT2D eigenvalue weighted by atomic mass is 16.5. The first-order valence-electron chi connectivity index (χ1n) is 6.80. The first-order chi connectivity index (χ1) is 9.24. The molecule has 0 bridgehead atoms. The van der Waals surface area contributed by atoms with Gasteiger partial charge in [-0.3, -0.25) is 4.90 Å². The minimum Gasteiger partial charge on any atom is -0.495 e. The summed E-state index contributed by atoms with van der Waals surface area (Å²) in [6.07, 6.45) is 1.03. The third-order valence-electron chi connectivity index (χ3n) is 3.58. The summed E-state index contributed by atoms with van der Waals surface area (Å²) in [5.74, 6) is 1.05. The van der Waals surface area contributed by atoms with Crippen molar-refractivity contribution < 1.29 is 9.53 Å². The van der Waals surface area contributed by atoms with E-state index in [1.165, 1.54) is 0 Å². The van der Waals surface area contributed by atoms with Gasteiger partial charge < -0.3 is 14.4 Å². The lowest BCUT2D eigenvalue weighted by Crippen LogP contribution is -2.47. The number of piperazine rings is 1. The standard InChI is InChI=1S/C15H22N2O2/c1-13(12-18)11-16-7-9-17(10-8-16)14-5-3-4-6-15(14)19-2/h3-6,12-13H,7-11H2,1-2H3. The zero-order chi connectivity index (χ0) is 13.7. The second kappa shape index (κ2) is 6.57. The van der Waals surface area contributed by atoms with Gasteiger partial charge in [0.05, 0.1) is 12.8 Å². The van der Waals surface area contributed by atoms with Crippen molar-refractivity contribution in [1.82, 2.24) is 4.90 Å². The van der Waals surface area contributed by atoms with Gasteiger partial charge in [-0.2, -0.15) is 0 Å². The minimum atomic E-state index is 0.123. The van der Waals surface area contributed by atoms with Gasteiger partial charge in [-0.15, -0.1) is 0 Å². The van der Waals surface area contributed by atoms with Gasteiger partial charge in [-0.25, -0.2) is 0 Å². The first-order valence-corrected chi connectivity index (χ1v) is 6.80. The zero-order valence-electron chi connectivity index (χ0n) is 11.7. The summed E-state index contributed by atoms with van der Waals surface area (Å²) < 4.78 is 5.41. The third-order valence-corrected chi connectivity index (χ3v) is 3.58. The fourth-order valence-electron chi connectivity index (χ4n) is 2.51. The number of methoxy groups -OCH3 is 1. The lowest BCUT2D eigenvalue weighted by Gasteiger charge is -2.37. The number of nitrogens with zero attached hydrogens (tertiary/aromatic N) is 2. The highest BCUT2D eigenvalue weighted by Gasteiger charge is 2.20. The Labute approximate surface area is 115 Å². The molecule has 0 spiro atoms. The number of hydrogen-bond donors (Lipinski definition) is 0. The Morgan fingerprint density at radius 3 is 2.58 bits per heavy atom. The van der Waals surface area contributed by atoms with Gasteiger partial charge in [0.1, 0.15) is 12.0 Å². The molecular formula is C15H22N2O2. The maximum absolute atomic E-state index is 10.7. The number of hydrogen-bond acceptors (Lipinski definition) is 4. The lowest BCUT2D eigenvalue weighted by atomic mass is 10.1. The maximum atomic E-state index is 10.7. The quantitative estimate of drug-likeness (QED) is 0.755.